The Labute approximate surface area is 169 Å². The molecule has 7 heteroatoms. The smallest absolute Gasteiger partial charge is 0.223 e. The van der Waals surface area contributed by atoms with Crippen LogP contribution in [0.5, 0.6) is 0 Å². The second-order valence-electron chi connectivity index (χ2n) is 8.60. The van der Waals surface area contributed by atoms with Gasteiger partial charge in [-0.15, -0.1) is 0 Å². The number of anilines is 1. The number of nitrogens with two attached hydrogens (primary N) is 1. The van der Waals surface area contributed by atoms with E-state index in [0.29, 0.717) is 24.4 Å². The van der Waals surface area contributed by atoms with Crippen molar-refractivity contribution in [3.05, 3.63) is 30.1 Å². The predicted molar refractivity (Wildman–Crippen MR) is 112 cm³/mol. The van der Waals surface area contributed by atoms with Crippen LogP contribution in [0, 0.1) is 5.92 Å². The molecule has 0 aliphatic heterocycles. The SMILES string of the molecule is Nc1nc2ccccc2c2c1nc(CNC(=O)C1CC1)n2CC1(O)CCCCC1. The molecule has 0 saturated heterocycles. The molecule has 1 amide bonds. The van der Waals surface area contributed by atoms with Crippen molar-refractivity contribution in [1.82, 2.24) is 19.9 Å². The Balaban J connectivity index is 1.62. The topological polar surface area (TPSA) is 106 Å². The van der Waals surface area contributed by atoms with Crippen molar-refractivity contribution in [3.8, 4) is 0 Å². The molecule has 29 heavy (non-hydrogen) atoms. The van der Waals surface area contributed by atoms with Crippen molar-refractivity contribution in [3.63, 3.8) is 0 Å². The van der Waals surface area contributed by atoms with Crippen LogP contribution in [0.15, 0.2) is 24.3 Å². The fourth-order valence-electron chi connectivity index (χ4n) is 4.53. The maximum absolute atomic E-state index is 12.2. The third kappa shape index (κ3) is 3.44. The molecule has 3 aromatic rings. The van der Waals surface area contributed by atoms with Crippen molar-refractivity contribution >= 4 is 33.7 Å². The molecule has 2 aromatic heterocycles. The van der Waals surface area contributed by atoms with Gasteiger partial charge in [-0.1, -0.05) is 37.5 Å². The molecule has 4 N–H and O–H groups in total. The first kappa shape index (κ1) is 18.4. The van der Waals surface area contributed by atoms with Gasteiger partial charge in [0, 0.05) is 11.3 Å². The summed E-state index contributed by atoms with van der Waals surface area (Å²) < 4.78 is 2.06. The number of para-hydroxylation sites is 1. The van der Waals surface area contributed by atoms with E-state index in [0.717, 1.165) is 67.2 Å². The first-order valence-electron chi connectivity index (χ1n) is 10.6. The molecular formula is C22H27N5O2. The van der Waals surface area contributed by atoms with Crippen LogP contribution in [0.1, 0.15) is 50.8 Å². The molecule has 0 radical (unpaired) electrons. The van der Waals surface area contributed by atoms with Gasteiger partial charge in [0.2, 0.25) is 5.91 Å². The molecule has 1 aromatic carbocycles. The summed E-state index contributed by atoms with van der Waals surface area (Å²) in [6.45, 7) is 0.777. The Morgan fingerprint density at radius 2 is 1.97 bits per heavy atom. The fraction of sp³-hybridized carbons (Fsp3) is 0.500. The summed E-state index contributed by atoms with van der Waals surface area (Å²) >= 11 is 0. The number of amides is 1. The van der Waals surface area contributed by atoms with Crippen LogP contribution in [0.3, 0.4) is 0 Å². The molecule has 5 rings (SSSR count). The summed E-state index contributed by atoms with van der Waals surface area (Å²) in [5.41, 5.74) is 7.82. The van der Waals surface area contributed by atoms with Crippen LogP contribution in [-0.2, 0) is 17.9 Å². The van der Waals surface area contributed by atoms with Gasteiger partial charge in [0.25, 0.3) is 0 Å². The summed E-state index contributed by atoms with van der Waals surface area (Å²) in [5.74, 6) is 1.32. The minimum Gasteiger partial charge on any atom is -0.388 e. The second kappa shape index (κ2) is 6.99. The fourth-order valence-corrected chi connectivity index (χ4v) is 4.53. The van der Waals surface area contributed by atoms with Gasteiger partial charge in [-0.3, -0.25) is 4.79 Å². The summed E-state index contributed by atoms with van der Waals surface area (Å²) in [5, 5.41) is 15.2. The van der Waals surface area contributed by atoms with E-state index in [1.807, 2.05) is 24.3 Å². The maximum Gasteiger partial charge on any atom is 0.223 e. The number of hydrogen-bond acceptors (Lipinski definition) is 5. The number of hydrogen-bond donors (Lipinski definition) is 3. The number of imidazole rings is 1. The number of rotatable bonds is 5. The Kier molecular flexibility index (Phi) is 4.42. The first-order chi connectivity index (χ1) is 14.0. The Bertz CT molecular complexity index is 1080. The average Bonchev–Trinajstić information content (AvgIpc) is 3.50. The number of aliphatic hydroxyl groups is 1. The highest BCUT2D eigenvalue weighted by atomic mass is 16.3. The zero-order valence-corrected chi connectivity index (χ0v) is 16.5. The molecule has 7 nitrogen and oxygen atoms in total. The molecule has 2 fully saturated rings. The molecule has 2 heterocycles. The second-order valence-corrected chi connectivity index (χ2v) is 8.60. The molecule has 2 saturated carbocycles. The highest BCUT2D eigenvalue weighted by Crippen LogP contribution is 2.34. The van der Waals surface area contributed by atoms with Crippen molar-refractivity contribution in [2.45, 2.75) is 63.6 Å². The van der Waals surface area contributed by atoms with E-state index in [2.05, 4.69) is 14.9 Å². The van der Waals surface area contributed by atoms with Gasteiger partial charge in [-0.2, -0.15) is 0 Å². The lowest BCUT2D eigenvalue weighted by Crippen LogP contribution is -2.37. The summed E-state index contributed by atoms with van der Waals surface area (Å²) in [6, 6.07) is 7.86. The van der Waals surface area contributed by atoms with E-state index in [1.54, 1.807) is 0 Å². The van der Waals surface area contributed by atoms with Crippen LogP contribution in [0.4, 0.5) is 5.82 Å². The van der Waals surface area contributed by atoms with Crippen molar-refractivity contribution in [2.75, 3.05) is 5.73 Å². The van der Waals surface area contributed by atoms with Crippen LogP contribution < -0.4 is 11.1 Å². The lowest BCUT2D eigenvalue weighted by atomic mass is 9.84. The van der Waals surface area contributed by atoms with Gasteiger partial charge in [0.05, 0.1) is 29.7 Å². The highest BCUT2D eigenvalue weighted by molar-refractivity contribution is 6.06. The Morgan fingerprint density at radius 1 is 1.21 bits per heavy atom. The van der Waals surface area contributed by atoms with Gasteiger partial charge in [0.1, 0.15) is 11.3 Å². The number of aromatic nitrogens is 3. The average molecular weight is 393 g/mol. The lowest BCUT2D eigenvalue weighted by molar-refractivity contribution is -0.122. The van der Waals surface area contributed by atoms with Crippen LogP contribution in [-0.4, -0.2) is 31.1 Å². The quantitative estimate of drug-likeness (QED) is 0.618. The monoisotopic (exact) mass is 393 g/mol. The standard InChI is InChI=1S/C22H27N5O2/c23-20-18-19(15-6-2-3-7-16(15)25-20)27(13-22(29)10-4-1-5-11-22)17(26-18)12-24-21(28)14-8-9-14/h2-3,6-7,14,29H,1,4-5,8-13H2,(H2,23,25)(H,24,28). The molecule has 0 spiro atoms. The number of nitrogens with zero attached hydrogens (tertiary/aromatic N) is 3. The van der Waals surface area contributed by atoms with Gasteiger partial charge < -0.3 is 20.7 Å². The third-order valence-electron chi connectivity index (χ3n) is 6.29. The number of fused-ring (bicyclic) bond motifs is 3. The molecule has 152 valence electrons. The predicted octanol–water partition coefficient (Wildman–Crippen LogP) is 2.89. The first-order valence-corrected chi connectivity index (χ1v) is 10.6. The van der Waals surface area contributed by atoms with E-state index >= 15 is 0 Å². The Morgan fingerprint density at radius 3 is 2.72 bits per heavy atom. The van der Waals surface area contributed by atoms with Gasteiger partial charge >= 0.3 is 0 Å². The van der Waals surface area contributed by atoms with E-state index < -0.39 is 5.60 Å². The number of carbonyl (C=O) groups is 1. The normalized spacial score (nSPS) is 18.9. The number of benzene rings is 1. The largest absolute Gasteiger partial charge is 0.388 e. The van der Waals surface area contributed by atoms with Gasteiger partial charge in [0.15, 0.2) is 5.82 Å². The number of nitrogen functional groups attached to an aromatic ring is 1. The molecule has 0 unspecified atom stereocenters. The summed E-state index contributed by atoms with van der Waals surface area (Å²) in [6.07, 6.45) is 6.70. The maximum atomic E-state index is 12.2. The minimum atomic E-state index is -0.764. The molecule has 2 aliphatic rings. The van der Waals surface area contributed by atoms with Gasteiger partial charge in [-0.25, -0.2) is 9.97 Å². The van der Waals surface area contributed by atoms with E-state index in [9.17, 15) is 9.90 Å². The third-order valence-corrected chi connectivity index (χ3v) is 6.29. The summed E-state index contributed by atoms with van der Waals surface area (Å²) in [4.78, 5) is 21.5. The van der Waals surface area contributed by atoms with Crippen molar-refractivity contribution in [1.29, 1.82) is 0 Å². The van der Waals surface area contributed by atoms with Crippen LogP contribution >= 0.6 is 0 Å². The molecule has 0 bridgehead atoms. The van der Waals surface area contributed by atoms with E-state index in [4.69, 9.17) is 10.7 Å². The van der Waals surface area contributed by atoms with E-state index in [-0.39, 0.29) is 11.8 Å². The minimum absolute atomic E-state index is 0.0796. The Hall–Kier alpha value is -2.67. The van der Waals surface area contributed by atoms with Gasteiger partial charge in [-0.05, 0) is 31.7 Å². The lowest BCUT2D eigenvalue weighted by Gasteiger charge is -2.33. The number of carbonyl (C=O) groups excluding carboxylic acids is 1. The number of nitrogens with one attached hydrogen (secondary N) is 1. The van der Waals surface area contributed by atoms with Crippen molar-refractivity contribution < 1.29 is 9.90 Å². The number of pyridine rings is 1. The molecular weight excluding hydrogens is 366 g/mol. The van der Waals surface area contributed by atoms with E-state index in [1.165, 1.54) is 0 Å². The van der Waals surface area contributed by atoms with Crippen LogP contribution in [0.25, 0.3) is 21.9 Å². The van der Waals surface area contributed by atoms with Crippen LogP contribution in [0.2, 0.25) is 0 Å². The molecule has 2 aliphatic carbocycles. The summed E-state index contributed by atoms with van der Waals surface area (Å²) in [7, 11) is 0. The molecule has 0 atom stereocenters. The zero-order valence-electron chi connectivity index (χ0n) is 16.5. The zero-order chi connectivity index (χ0) is 20.0. The highest BCUT2D eigenvalue weighted by Gasteiger charge is 2.33. The van der Waals surface area contributed by atoms with Crippen molar-refractivity contribution in [2.24, 2.45) is 5.92 Å².